The molecular weight excluding hydrogens is 362 g/mol. The summed E-state index contributed by atoms with van der Waals surface area (Å²) in [7, 11) is -1.97. The number of aryl methyl sites for hydroxylation is 1. The molecule has 0 radical (unpaired) electrons. The second-order valence-corrected chi connectivity index (χ2v) is 9.70. The average Bonchev–Trinajstić information content (AvgIpc) is 2.59. The molecule has 1 amide bonds. The van der Waals surface area contributed by atoms with Crippen molar-refractivity contribution in [1.82, 2.24) is 0 Å². The van der Waals surface area contributed by atoms with Gasteiger partial charge in [0.25, 0.3) is 0 Å². The maximum absolute atomic E-state index is 12.4. The minimum absolute atomic E-state index is 0.0828. The first-order valence-corrected chi connectivity index (χ1v) is 10.5. The normalized spacial score (nSPS) is 11.9. The molecule has 0 saturated heterocycles. The topological polar surface area (TPSA) is 72.5 Å². The van der Waals surface area contributed by atoms with Gasteiger partial charge in [-0.1, -0.05) is 44.5 Å². The summed E-state index contributed by atoms with van der Waals surface area (Å²) in [4.78, 5) is 12.6. The van der Waals surface area contributed by atoms with Crippen LogP contribution in [0.5, 0.6) is 5.75 Å². The minimum Gasteiger partial charge on any atom is -0.495 e. The Morgan fingerprint density at radius 1 is 1.07 bits per heavy atom. The highest BCUT2D eigenvalue weighted by molar-refractivity contribution is 7.91. The van der Waals surface area contributed by atoms with E-state index in [2.05, 4.69) is 26.1 Å². The van der Waals surface area contributed by atoms with Gasteiger partial charge in [0.05, 0.1) is 23.4 Å². The third kappa shape index (κ3) is 5.57. The molecule has 0 unspecified atom stereocenters. The zero-order chi connectivity index (χ0) is 20.2. The number of methoxy groups -OCH3 is 1. The molecule has 146 valence electrons. The van der Waals surface area contributed by atoms with Gasteiger partial charge in [0.1, 0.15) is 5.75 Å². The molecule has 6 heteroatoms. The predicted octanol–water partition coefficient (Wildman–Crippen LogP) is 4.10. The van der Waals surface area contributed by atoms with Crippen LogP contribution in [-0.4, -0.2) is 27.2 Å². The van der Waals surface area contributed by atoms with Gasteiger partial charge in [-0.3, -0.25) is 4.79 Å². The molecule has 27 heavy (non-hydrogen) atoms. The number of nitrogens with one attached hydrogen (secondary N) is 1. The lowest BCUT2D eigenvalue weighted by atomic mass is 9.87. The van der Waals surface area contributed by atoms with Crippen molar-refractivity contribution in [3.05, 3.63) is 53.6 Å². The van der Waals surface area contributed by atoms with E-state index < -0.39 is 9.84 Å². The van der Waals surface area contributed by atoms with Crippen LogP contribution in [0, 0.1) is 6.92 Å². The van der Waals surface area contributed by atoms with Crippen molar-refractivity contribution < 1.29 is 17.9 Å². The summed E-state index contributed by atoms with van der Waals surface area (Å²) >= 11 is 0. The number of amides is 1. The Morgan fingerprint density at radius 2 is 1.70 bits per heavy atom. The quantitative estimate of drug-likeness (QED) is 0.807. The molecule has 0 aliphatic heterocycles. The zero-order valence-electron chi connectivity index (χ0n) is 16.5. The van der Waals surface area contributed by atoms with Crippen molar-refractivity contribution in [3.8, 4) is 5.75 Å². The van der Waals surface area contributed by atoms with E-state index >= 15 is 0 Å². The van der Waals surface area contributed by atoms with Crippen LogP contribution >= 0.6 is 0 Å². The number of hydrogen-bond donors (Lipinski definition) is 1. The number of rotatable bonds is 6. The van der Waals surface area contributed by atoms with Gasteiger partial charge in [-0.15, -0.1) is 0 Å². The van der Waals surface area contributed by atoms with Crippen LogP contribution in [0.15, 0.2) is 47.4 Å². The van der Waals surface area contributed by atoms with E-state index in [0.717, 1.165) is 11.1 Å². The molecular formula is C21H27NO4S. The highest BCUT2D eigenvalue weighted by atomic mass is 32.2. The SMILES string of the molecule is COc1ccc(C(C)(C)C)cc1NC(=O)CCS(=O)(=O)c1ccc(C)cc1. The summed E-state index contributed by atoms with van der Waals surface area (Å²) in [5.41, 5.74) is 2.49. The largest absolute Gasteiger partial charge is 0.495 e. The molecule has 0 atom stereocenters. The van der Waals surface area contributed by atoms with Gasteiger partial charge in [-0.05, 0) is 42.2 Å². The fraction of sp³-hybridized carbons (Fsp3) is 0.381. The van der Waals surface area contributed by atoms with Gasteiger partial charge in [0.2, 0.25) is 5.91 Å². The molecule has 0 spiro atoms. The Kier molecular flexibility index (Phi) is 6.31. The van der Waals surface area contributed by atoms with Crippen LogP contribution in [0.1, 0.15) is 38.3 Å². The number of ether oxygens (including phenoxy) is 1. The Bertz CT molecular complexity index is 910. The number of benzene rings is 2. The molecule has 0 aliphatic rings. The van der Waals surface area contributed by atoms with Crippen LogP contribution < -0.4 is 10.1 Å². The Hall–Kier alpha value is -2.34. The average molecular weight is 390 g/mol. The van der Waals surface area contributed by atoms with Crippen molar-refractivity contribution in [2.24, 2.45) is 0 Å². The fourth-order valence-corrected chi connectivity index (χ4v) is 3.82. The monoisotopic (exact) mass is 389 g/mol. The summed E-state index contributed by atoms with van der Waals surface area (Å²) in [6.45, 7) is 8.13. The molecule has 1 N–H and O–H groups in total. The summed E-state index contributed by atoms with van der Waals surface area (Å²) in [6, 6.07) is 12.3. The highest BCUT2D eigenvalue weighted by Crippen LogP contribution is 2.31. The molecule has 2 aromatic carbocycles. The third-order valence-electron chi connectivity index (χ3n) is 4.32. The van der Waals surface area contributed by atoms with Gasteiger partial charge in [0, 0.05) is 6.42 Å². The van der Waals surface area contributed by atoms with Gasteiger partial charge in [0.15, 0.2) is 9.84 Å². The van der Waals surface area contributed by atoms with E-state index in [4.69, 9.17) is 4.74 Å². The third-order valence-corrected chi connectivity index (χ3v) is 6.05. The second kappa shape index (κ2) is 8.13. The molecule has 0 heterocycles. The van der Waals surface area contributed by atoms with E-state index in [1.54, 1.807) is 30.3 Å². The highest BCUT2D eigenvalue weighted by Gasteiger charge is 2.19. The molecule has 0 aromatic heterocycles. The Labute approximate surface area is 161 Å². The second-order valence-electron chi connectivity index (χ2n) is 7.60. The number of carbonyl (C=O) groups excluding carboxylic acids is 1. The first-order valence-electron chi connectivity index (χ1n) is 8.81. The summed E-state index contributed by atoms with van der Waals surface area (Å²) in [6.07, 6.45) is -0.126. The van der Waals surface area contributed by atoms with E-state index in [1.807, 2.05) is 19.1 Å². The summed E-state index contributed by atoms with van der Waals surface area (Å²) in [5, 5.41) is 2.78. The summed E-state index contributed by atoms with van der Waals surface area (Å²) in [5.74, 6) is -0.0730. The van der Waals surface area contributed by atoms with Crippen LogP contribution in [0.25, 0.3) is 0 Å². The van der Waals surface area contributed by atoms with Gasteiger partial charge in [-0.25, -0.2) is 8.42 Å². The van der Waals surface area contributed by atoms with E-state index in [1.165, 1.54) is 7.11 Å². The lowest BCUT2D eigenvalue weighted by Crippen LogP contribution is -2.19. The zero-order valence-corrected chi connectivity index (χ0v) is 17.3. The number of anilines is 1. The van der Waals surface area contributed by atoms with Crippen molar-refractivity contribution in [3.63, 3.8) is 0 Å². The first-order chi connectivity index (χ1) is 12.5. The molecule has 0 fully saturated rings. The number of carbonyl (C=O) groups is 1. The minimum atomic E-state index is -3.50. The summed E-state index contributed by atoms with van der Waals surface area (Å²) < 4.78 is 30.1. The lowest BCUT2D eigenvalue weighted by molar-refractivity contribution is -0.115. The van der Waals surface area contributed by atoms with Gasteiger partial charge < -0.3 is 10.1 Å². The molecule has 0 saturated carbocycles. The van der Waals surface area contributed by atoms with E-state index in [9.17, 15) is 13.2 Å². The van der Waals surface area contributed by atoms with Crippen LogP contribution in [-0.2, 0) is 20.0 Å². The van der Waals surface area contributed by atoms with Gasteiger partial charge in [-0.2, -0.15) is 0 Å². The molecule has 5 nitrogen and oxygen atoms in total. The van der Waals surface area contributed by atoms with Gasteiger partial charge >= 0.3 is 0 Å². The Balaban J connectivity index is 2.10. The van der Waals surface area contributed by atoms with Crippen LogP contribution in [0.4, 0.5) is 5.69 Å². The van der Waals surface area contributed by atoms with E-state index in [0.29, 0.717) is 11.4 Å². The fourth-order valence-electron chi connectivity index (χ4n) is 2.58. The number of hydrogen-bond acceptors (Lipinski definition) is 4. The number of sulfone groups is 1. The first kappa shape index (κ1) is 21.0. The Morgan fingerprint density at radius 3 is 2.26 bits per heavy atom. The standard InChI is InChI=1S/C21H27NO4S/c1-15-6-9-17(10-7-15)27(24,25)13-12-20(23)22-18-14-16(21(2,3)4)8-11-19(18)26-5/h6-11,14H,12-13H2,1-5H3,(H,22,23). The molecule has 0 bridgehead atoms. The molecule has 0 aliphatic carbocycles. The molecule has 2 aromatic rings. The van der Waals surface area contributed by atoms with Crippen LogP contribution in [0.2, 0.25) is 0 Å². The smallest absolute Gasteiger partial charge is 0.225 e. The predicted molar refractivity (Wildman–Crippen MR) is 108 cm³/mol. The molecule has 2 rings (SSSR count). The van der Waals surface area contributed by atoms with Crippen molar-refractivity contribution in [1.29, 1.82) is 0 Å². The van der Waals surface area contributed by atoms with Crippen molar-refractivity contribution in [2.75, 3.05) is 18.2 Å². The maximum atomic E-state index is 12.4. The van der Waals surface area contributed by atoms with Crippen molar-refractivity contribution >= 4 is 21.4 Å². The van der Waals surface area contributed by atoms with Crippen molar-refractivity contribution in [2.45, 2.75) is 44.4 Å². The maximum Gasteiger partial charge on any atom is 0.225 e. The van der Waals surface area contributed by atoms with E-state index in [-0.39, 0.29) is 28.4 Å². The van der Waals surface area contributed by atoms with Crippen LogP contribution in [0.3, 0.4) is 0 Å². The lowest BCUT2D eigenvalue weighted by Gasteiger charge is -2.21.